The van der Waals surface area contributed by atoms with Crippen LogP contribution in [0.15, 0.2) is 4.52 Å². The summed E-state index contributed by atoms with van der Waals surface area (Å²) in [5.41, 5.74) is 2.06. The number of aryl methyl sites for hydroxylation is 2. The zero-order valence-electron chi connectivity index (χ0n) is 15.4. The van der Waals surface area contributed by atoms with Crippen molar-refractivity contribution >= 4 is 5.91 Å². The number of carbonyl (C=O) groups excluding carboxylic acids is 1. The van der Waals surface area contributed by atoms with Crippen LogP contribution >= 0.6 is 0 Å². The van der Waals surface area contributed by atoms with E-state index in [1.54, 1.807) is 0 Å². The van der Waals surface area contributed by atoms with Gasteiger partial charge >= 0.3 is 0 Å². The molecule has 0 unspecified atom stereocenters. The van der Waals surface area contributed by atoms with Gasteiger partial charge < -0.3 is 14.3 Å². The van der Waals surface area contributed by atoms with E-state index in [1.165, 1.54) is 32.4 Å². The standard InChI is InChI=1S/C19H31N3O2/c1-4-5-11-21-12-6-8-19(10-13-21)9-7-18(23)22(19)14-17-15(2)20-24-16(17)3/h4-14H2,1-3H3/t19-/m0/s1. The van der Waals surface area contributed by atoms with E-state index in [0.717, 1.165) is 42.8 Å². The molecule has 0 radical (unpaired) electrons. The molecule has 1 spiro atoms. The zero-order valence-corrected chi connectivity index (χ0v) is 15.4. The van der Waals surface area contributed by atoms with Crippen LogP contribution in [0, 0.1) is 13.8 Å². The molecule has 2 aliphatic heterocycles. The van der Waals surface area contributed by atoms with Crippen LogP contribution in [0.1, 0.15) is 68.9 Å². The maximum atomic E-state index is 12.6. The molecule has 2 saturated heterocycles. The highest BCUT2D eigenvalue weighted by Gasteiger charge is 2.45. The van der Waals surface area contributed by atoms with E-state index in [1.807, 2.05) is 13.8 Å². The second-order valence-corrected chi connectivity index (χ2v) is 7.56. The lowest BCUT2D eigenvalue weighted by atomic mass is 9.87. The van der Waals surface area contributed by atoms with Gasteiger partial charge in [0, 0.05) is 24.1 Å². The number of hydrogen-bond donors (Lipinski definition) is 0. The van der Waals surface area contributed by atoms with E-state index in [4.69, 9.17) is 4.52 Å². The minimum atomic E-state index is 0.0498. The van der Waals surface area contributed by atoms with Crippen LogP contribution in [-0.2, 0) is 11.3 Å². The van der Waals surface area contributed by atoms with Crippen molar-refractivity contribution in [2.45, 2.75) is 77.8 Å². The third-order valence-corrected chi connectivity index (χ3v) is 6.01. The Labute approximate surface area is 145 Å². The topological polar surface area (TPSA) is 49.6 Å². The Balaban J connectivity index is 1.74. The SMILES string of the molecule is CCCCN1CCC[C@]2(CCC(=O)N2Cc2c(C)noc2C)CC1. The molecule has 134 valence electrons. The molecule has 2 aliphatic rings. The van der Waals surface area contributed by atoms with E-state index in [-0.39, 0.29) is 5.54 Å². The molecular weight excluding hydrogens is 302 g/mol. The van der Waals surface area contributed by atoms with Gasteiger partial charge in [0.25, 0.3) is 0 Å². The second-order valence-electron chi connectivity index (χ2n) is 7.56. The molecule has 3 heterocycles. The monoisotopic (exact) mass is 333 g/mol. The van der Waals surface area contributed by atoms with Gasteiger partial charge in [0.2, 0.25) is 5.91 Å². The van der Waals surface area contributed by atoms with Gasteiger partial charge in [-0.25, -0.2) is 0 Å². The maximum absolute atomic E-state index is 12.6. The molecule has 1 aromatic heterocycles. The van der Waals surface area contributed by atoms with Gasteiger partial charge in [-0.05, 0) is 59.0 Å². The number of unbranched alkanes of at least 4 members (excludes halogenated alkanes) is 1. The summed E-state index contributed by atoms with van der Waals surface area (Å²) >= 11 is 0. The van der Waals surface area contributed by atoms with Gasteiger partial charge in [-0.1, -0.05) is 18.5 Å². The van der Waals surface area contributed by atoms with Crippen LogP contribution in [-0.4, -0.2) is 46.0 Å². The Kier molecular flexibility index (Phi) is 5.28. The summed E-state index contributed by atoms with van der Waals surface area (Å²) in [5, 5.41) is 4.06. The highest BCUT2D eigenvalue weighted by molar-refractivity contribution is 5.79. The number of rotatable bonds is 5. The number of nitrogens with zero attached hydrogens (tertiary/aromatic N) is 3. The average molecular weight is 333 g/mol. The van der Waals surface area contributed by atoms with E-state index in [2.05, 4.69) is 21.9 Å². The van der Waals surface area contributed by atoms with Crippen LogP contribution in [0.2, 0.25) is 0 Å². The number of aromatic nitrogens is 1. The van der Waals surface area contributed by atoms with Gasteiger partial charge in [-0.15, -0.1) is 0 Å². The number of hydrogen-bond acceptors (Lipinski definition) is 4. The highest BCUT2D eigenvalue weighted by atomic mass is 16.5. The lowest BCUT2D eigenvalue weighted by molar-refractivity contribution is -0.132. The van der Waals surface area contributed by atoms with Crippen molar-refractivity contribution in [1.82, 2.24) is 15.0 Å². The summed E-state index contributed by atoms with van der Waals surface area (Å²) in [5.74, 6) is 1.15. The third kappa shape index (κ3) is 3.37. The Hall–Kier alpha value is -1.36. The van der Waals surface area contributed by atoms with Crippen molar-refractivity contribution in [3.63, 3.8) is 0 Å². The molecular formula is C19H31N3O2. The second kappa shape index (κ2) is 7.26. The van der Waals surface area contributed by atoms with E-state index in [0.29, 0.717) is 18.9 Å². The quantitative estimate of drug-likeness (QED) is 0.828. The molecule has 1 amide bonds. The molecule has 0 N–H and O–H groups in total. The van der Waals surface area contributed by atoms with Crippen molar-refractivity contribution in [3.05, 3.63) is 17.0 Å². The molecule has 0 bridgehead atoms. The smallest absolute Gasteiger partial charge is 0.223 e. The van der Waals surface area contributed by atoms with Gasteiger partial charge in [0.1, 0.15) is 5.76 Å². The molecule has 0 aromatic carbocycles. The van der Waals surface area contributed by atoms with Gasteiger partial charge in [-0.3, -0.25) is 4.79 Å². The largest absolute Gasteiger partial charge is 0.361 e. The van der Waals surface area contributed by atoms with E-state index < -0.39 is 0 Å². The Morgan fingerprint density at radius 2 is 2.04 bits per heavy atom. The van der Waals surface area contributed by atoms with Crippen molar-refractivity contribution in [3.8, 4) is 0 Å². The van der Waals surface area contributed by atoms with Crippen molar-refractivity contribution in [2.24, 2.45) is 0 Å². The maximum Gasteiger partial charge on any atom is 0.223 e. The first-order chi connectivity index (χ1) is 11.6. The Morgan fingerprint density at radius 3 is 2.75 bits per heavy atom. The summed E-state index contributed by atoms with van der Waals surface area (Å²) in [4.78, 5) is 17.4. The molecule has 0 saturated carbocycles. The number of carbonyl (C=O) groups is 1. The number of amides is 1. The fourth-order valence-electron chi connectivity index (χ4n) is 4.38. The number of likely N-dealkylation sites (tertiary alicyclic amines) is 2. The first-order valence-electron chi connectivity index (χ1n) is 9.50. The molecule has 2 fully saturated rings. The van der Waals surface area contributed by atoms with Crippen molar-refractivity contribution < 1.29 is 9.32 Å². The van der Waals surface area contributed by atoms with Crippen LogP contribution < -0.4 is 0 Å². The van der Waals surface area contributed by atoms with Crippen LogP contribution in [0.4, 0.5) is 0 Å². The fourth-order valence-corrected chi connectivity index (χ4v) is 4.38. The predicted octanol–water partition coefficient (Wildman–Crippen LogP) is 3.44. The third-order valence-electron chi connectivity index (χ3n) is 6.01. The van der Waals surface area contributed by atoms with Gasteiger partial charge in [-0.2, -0.15) is 0 Å². The summed E-state index contributed by atoms with van der Waals surface area (Å²) in [7, 11) is 0. The van der Waals surface area contributed by atoms with Crippen LogP contribution in [0.3, 0.4) is 0 Å². The zero-order chi connectivity index (χ0) is 17.2. The predicted molar refractivity (Wildman–Crippen MR) is 93.7 cm³/mol. The van der Waals surface area contributed by atoms with Crippen LogP contribution in [0.25, 0.3) is 0 Å². The highest BCUT2D eigenvalue weighted by Crippen LogP contribution is 2.40. The first kappa shape index (κ1) is 17.5. The van der Waals surface area contributed by atoms with E-state index in [9.17, 15) is 4.79 Å². The van der Waals surface area contributed by atoms with Crippen LogP contribution in [0.5, 0.6) is 0 Å². The van der Waals surface area contributed by atoms with Gasteiger partial charge in [0.05, 0.1) is 12.2 Å². The summed E-state index contributed by atoms with van der Waals surface area (Å²) in [6.45, 7) is 10.3. The normalized spacial score (nSPS) is 25.6. The van der Waals surface area contributed by atoms with Crippen molar-refractivity contribution in [1.29, 1.82) is 0 Å². The molecule has 0 aliphatic carbocycles. The molecule has 3 rings (SSSR count). The van der Waals surface area contributed by atoms with E-state index >= 15 is 0 Å². The molecule has 1 atom stereocenters. The summed E-state index contributed by atoms with van der Waals surface area (Å²) in [6.07, 6.45) is 7.65. The van der Waals surface area contributed by atoms with Gasteiger partial charge in [0.15, 0.2) is 0 Å². The molecule has 5 nitrogen and oxygen atoms in total. The average Bonchev–Trinajstić information content (AvgIpc) is 2.95. The lowest BCUT2D eigenvalue weighted by Gasteiger charge is -2.38. The molecule has 1 aromatic rings. The lowest BCUT2D eigenvalue weighted by Crippen LogP contribution is -2.46. The fraction of sp³-hybridized carbons (Fsp3) is 0.789. The first-order valence-corrected chi connectivity index (χ1v) is 9.50. The summed E-state index contributed by atoms with van der Waals surface area (Å²) in [6, 6.07) is 0. The summed E-state index contributed by atoms with van der Waals surface area (Å²) < 4.78 is 5.31. The molecule has 5 heteroatoms. The van der Waals surface area contributed by atoms with Crippen molar-refractivity contribution in [2.75, 3.05) is 19.6 Å². The Morgan fingerprint density at radius 1 is 1.21 bits per heavy atom. The Bertz CT molecular complexity index is 564. The molecule has 24 heavy (non-hydrogen) atoms. The minimum absolute atomic E-state index is 0.0498. The minimum Gasteiger partial charge on any atom is -0.361 e.